The molecule has 1 aliphatic heterocycles. The molecule has 3 aromatic heterocycles. The number of hydrogen-bond donors (Lipinski definition) is 0. The zero-order chi connectivity index (χ0) is 18.3. The molecule has 0 bridgehead atoms. The molecule has 130 valence electrons. The Kier molecular flexibility index (Phi) is 3.80. The summed E-state index contributed by atoms with van der Waals surface area (Å²) in [6, 6.07) is 7.25. The molecule has 1 aliphatic rings. The van der Waals surface area contributed by atoms with Gasteiger partial charge >= 0.3 is 0 Å². The van der Waals surface area contributed by atoms with Gasteiger partial charge in [-0.1, -0.05) is 12.0 Å². The third-order valence-electron chi connectivity index (χ3n) is 4.68. The Bertz CT molecular complexity index is 1100. The van der Waals surface area contributed by atoms with E-state index in [-0.39, 0.29) is 17.0 Å². The van der Waals surface area contributed by atoms with Crippen LogP contribution >= 0.6 is 0 Å². The molecule has 0 saturated heterocycles. The van der Waals surface area contributed by atoms with Crippen LogP contribution < -0.4 is 5.56 Å². The number of hydrogen-bond acceptors (Lipinski definition) is 4. The van der Waals surface area contributed by atoms with Gasteiger partial charge in [0, 0.05) is 36.8 Å². The van der Waals surface area contributed by atoms with E-state index in [4.69, 9.17) is 0 Å². The summed E-state index contributed by atoms with van der Waals surface area (Å²) >= 11 is 0. The van der Waals surface area contributed by atoms with Gasteiger partial charge in [0.25, 0.3) is 5.56 Å². The SMILES string of the molecule is CC(C)(F)C1Cc2nc3cc(C#Cc4ccccn4)cnc3c(=O)n2C1. The lowest BCUT2D eigenvalue weighted by Crippen LogP contribution is -2.29. The van der Waals surface area contributed by atoms with Gasteiger partial charge in [-0.25, -0.2) is 19.3 Å². The molecule has 4 heterocycles. The van der Waals surface area contributed by atoms with E-state index in [1.165, 1.54) is 13.8 Å². The van der Waals surface area contributed by atoms with Crippen LogP contribution in [0.15, 0.2) is 41.5 Å². The number of rotatable bonds is 1. The maximum atomic E-state index is 14.3. The summed E-state index contributed by atoms with van der Waals surface area (Å²) in [5, 5.41) is 0. The van der Waals surface area contributed by atoms with Crippen molar-refractivity contribution in [2.75, 3.05) is 0 Å². The molecule has 0 aliphatic carbocycles. The van der Waals surface area contributed by atoms with Crippen LogP contribution in [0, 0.1) is 17.8 Å². The maximum Gasteiger partial charge on any atom is 0.280 e. The number of fused-ring (bicyclic) bond motifs is 2. The van der Waals surface area contributed by atoms with E-state index in [2.05, 4.69) is 26.8 Å². The first-order chi connectivity index (χ1) is 12.4. The van der Waals surface area contributed by atoms with Crippen LogP contribution in [0.4, 0.5) is 4.39 Å². The smallest absolute Gasteiger partial charge is 0.280 e. The number of aromatic nitrogens is 4. The van der Waals surface area contributed by atoms with Crippen LogP contribution in [-0.4, -0.2) is 25.2 Å². The van der Waals surface area contributed by atoms with Gasteiger partial charge in [0.2, 0.25) is 0 Å². The summed E-state index contributed by atoms with van der Waals surface area (Å²) in [5.41, 5.74) is 0.504. The molecule has 3 aromatic rings. The Labute approximate surface area is 149 Å². The van der Waals surface area contributed by atoms with Gasteiger partial charge in [0.05, 0.1) is 5.52 Å². The summed E-state index contributed by atoms with van der Waals surface area (Å²) < 4.78 is 15.8. The van der Waals surface area contributed by atoms with Gasteiger partial charge in [-0.15, -0.1) is 0 Å². The standard InChI is InChI=1S/C20H17FN4O/c1-20(2,21)14-10-17-24-16-9-13(6-7-15-5-3-4-8-22-15)11-23-18(16)19(26)25(17)12-14/h3-5,8-9,11,14H,10,12H2,1-2H3. The summed E-state index contributed by atoms with van der Waals surface area (Å²) in [7, 11) is 0. The van der Waals surface area contributed by atoms with Crippen LogP contribution in [-0.2, 0) is 13.0 Å². The second-order valence-corrected chi connectivity index (χ2v) is 6.97. The van der Waals surface area contributed by atoms with Crippen molar-refractivity contribution < 1.29 is 4.39 Å². The van der Waals surface area contributed by atoms with E-state index in [9.17, 15) is 9.18 Å². The summed E-state index contributed by atoms with van der Waals surface area (Å²) in [6.07, 6.45) is 3.68. The van der Waals surface area contributed by atoms with Gasteiger partial charge in [-0.05, 0) is 38.0 Å². The van der Waals surface area contributed by atoms with Crippen molar-refractivity contribution in [1.82, 2.24) is 19.5 Å². The van der Waals surface area contributed by atoms with Crippen molar-refractivity contribution in [2.24, 2.45) is 5.92 Å². The van der Waals surface area contributed by atoms with E-state index in [0.717, 1.165) is 0 Å². The van der Waals surface area contributed by atoms with Crippen LogP contribution in [0.5, 0.6) is 0 Å². The molecule has 26 heavy (non-hydrogen) atoms. The highest BCUT2D eigenvalue weighted by molar-refractivity contribution is 5.74. The minimum Gasteiger partial charge on any atom is -0.294 e. The first kappa shape index (κ1) is 16.4. The van der Waals surface area contributed by atoms with E-state index in [0.29, 0.717) is 35.6 Å². The predicted molar refractivity (Wildman–Crippen MR) is 96.4 cm³/mol. The second-order valence-electron chi connectivity index (χ2n) is 6.97. The zero-order valence-corrected chi connectivity index (χ0v) is 14.5. The van der Waals surface area contributed by atoms with Crippen molar-refractivity contribution in [3.8, 4) is 11.8 Å². The predicted octanol–water partition coefficient (Wildman–Crippen LogP) is 2.51. The number of halogens is 1. The number of pyridine rings is 2. The topological polar surface area (TPSA) is 60.7 Å². The average Bonchev–Trinajstić information content (AvgIpc) is 3.05. The minimum atomic E-state index is -1.36. The zero-order valence-electron chi connectivity index (χ0n) is 14.5. The first-order valence-corrected chi connectivity index (χ1v) is 8.43. The van der Waals surface area contributed by atoms with Crippen LogP contribution in [0.25, 0.3) is 11.0 Å². The fourth-order valence-corrected chi connectivity index (χ4v) is 3.10. The highest BCUT2D eigenvalue weighted by atomic mass is 19.1. The van der Waals surface area contributed by atoms with Gasteiger partial charge in [-0.2, -0.15) is 0 Å². The van der Waals surface area contributed by atoms with Crippen LogP contribution in [0.2, 0.25) is 0 Å². The molecule has 0 fully saturated rings. The molecule has 5 nitrogen and oxygen atoms in total. The van der Waals surface area contributed by atoms with Crippen LogP contribution in [0.1, 0.15) is 30.9 Å². The highest BCUT2D eigenvalue weighted by Gasteiger charge is 2.36. The lowest BCUT2D eigenvalue weighted by molar-refractivity contribution is 0.123. The molecule has 0 amide bonds. The molecule has 0 aromatic carbocycles. The number of alkyl halides is 1. The van der Waals surface area contributed by atoms with Gasteiger partial charge < -0.3 is 0 Å². The average molecular weight is 348 g/mol. The van der Waals surface area contributed by atoms with E-state index >= 15 is 0 Å². The van der Waals surface area contributed by atoms with E-state index in [1.54, 1.807) is 23.0 Å². The Balaban J connectivity index is 1.74. The molecule has 0 saturated carbocycles. The van der Waals surface area contributed by atoms with Crippen molar-refractivity contribution >= 4 is 11.0 Å². The Morgan fingerprint density at radius 2 is 2.12 bits per heavy atom. The Morgan fingerprint density at radius 3 is 2.85 bits per heavy atom. The lowest BCUT2D eigenvalue weighted by Gasteiger charge is -2.20. The van der Waals surface area contributed by atoms with E-state index < -0.39 is 5.67 Å². The third kappa shape index (κ3) is 2.97. The lowest BCUT2D eigenvalue weighted by atomic mass is 9.92. The fourth-order valence-electron chi connectivity index (χ4n) is 3.10. The van der Waals surface area contributed by atoms with Crippen molar-refractivity contribution in [3.05, 3.63) is 64.1 Å². The van der Waals surface area contributed by atoms with E-state index in [1.807, 2.05) is 18.2 Å². The molecule has 0 N–H and O–H groups in total. The molecule has 1 atom stereocenters. The summed E-state index contributed by atoms with van der Waals surface area (Å²) in [5.74, 6) is 6.29. The van der Waals surface area contributed by atoms with Crippen molar-refractivity contribution in [1.29, 1.82) is 0 Å². The summed E-state index contributed by atoms with van der Waals surface area (Å²) in [4.78, 5) is 25.6. The third-order valence-corrected chi connectivity index (χ3v) is 4.68. The van der Waals surface area contributed by atoms with Gasteiger partial charge in [0.15, 0.2) is 5.52 Å². The molecular formula is C20H17FN4O. The van der Waals surface area contributed by atoms with Crippen molar-refractivity contribution in [2.45, 2.75) is 32.5 Å². The maximum absolute atomic E-state index is 14.3. The number of nitrogens with zero attached hydrogens (tertiary/aromatic N) is 4. The largest absolute Gasteiger partial charge is 0.294 e. The normalized spacial score (nSPS) is 16.2. The first-order valence-electron chi connectivity index (χ1n) is 8.43. The molecule has 1 unspecified atom stereocenters. The molecule has 0 spiro atoms. The van der Waals surface area contributed by atoms with Gasteiger partial charge in [0.1, 0.15) is 17.2 Å². The van der Waals surface area contributed by atoms with Gasteiger partial charge in [-0.3, -0.25) is 9.36 Å². The molecular weight excluding hydrogens is 331 g/mol. The highest BCUT2D eigenvalue weighted by Crippen LogP contribution is 2.30. The minimum absolute atomic E-state index is 0.221. The Morgan fingerprint density at radius 1 is 1.27 bits per heavy atom. The Hall–Kier alpha value is -3.07. The molecule has 4 rings (SSSR count). The second kappa shape index (κ2) is 6.03. The monoisotopic (exact) mass is 348 g/mol. The molecule has 0 radical (unpaired) electrons. The summed E-state index contributed by atoms with van der Waals surface area (Å²) in [6.45, 7) is 3.42. The fraction of sp³-hybridized carbons (Fsp3) is 0.300. The molecule has 6 heteroatoms. The quantitative estimate of drug-likeness (QED) is 0.634. The van der Waals surface area contributed by atoms with Crippen molar-refractivity contribution in [3.63, 3.8) is 0 Å². The van der Waals surface area contributed by atoms with Crippen LogP contribution in [0.3, 0.4) is 0 Å².